The highest BCUT2D eigenvalue weighted by Gasteiger charge is 2.12. The van der Waals surface area contributed by atoms with E-state index in [4.69, 9.17) is 18.7 Å². The molecule has 0 saturated carbocycles. The van der Waals surface area contributed by atoms with Crippen LogP contribution in [0.1, 0.15) is 15.5 Å². The molecule has 0 saturated heterocycles. The molecule has 0 radical (unpaired) electrons. The van der Waals surface area contributed by atoms with Gasteiger partial charge in [0.15, 0.2) is 0 Å². The average Bonchev–Trinajstić information content (AvgIpc) is 2.00. The van der Waals surface area contributed by atoms with E-state index in [0.717, 1.165) is 0 Å². The molecular weight excluding hydrogens is 138 g/mol. The number of hydrogen-bond acceptors (Lipinski definition) is 3. The van der Waals surface area contributed by atoms with Crippen molar-refractivity contribution in [1.82, 2.24) is 0 Å². The topological polar surface area (TPSA) is 101 Å². The fourth-order valence-corrected chi connectivity index (χ4v) is 0.268. The Hall–Kier alpha value is -1.10. The molecule has 58 valence electrons. The maximum absolute atomic E-state index is 10.1. The number of carboxylic acids is 2. The highest BCUT2D eigenvalue weighted by molar-refractivity contribution is 5.74. The Morgan fingerprint density at radius 1 is 1.60 bits per heavy atom. The molecule has 0 spiro atoms. The van der Waals surface area contributed by atoms with Crippen LogP contribution in [0.2, 0.25) is 0 Å². The van der Waals surface area contributed by atoms with E-state index in [2.05, 4.69) is 0 Å². The van der Waals surface area contributed by atoms with Gasteiger partial charge >= 0.3 is 11.9 Å². The summed E-state index contributed by atoms with van der Waals surface area (Å²) in [6.07, 6.45) is -3.48. The van der Waals surface area contributed by atoms with Gasteiger partial charge in [0.25, 0.3) is 0 Å². The normalized spacial score (nSPS) is 21.7. The summed E-state index contributed by atoms with van der Waals surface area (Å²) in [4.78, 5) is 20.3. The van der Waals surface area contributed by atoms with E-state index in [1.54, 1.807) is 0 Å². The second-order valence-electron chi connectivity index (χ2n) is 1.56. The number of carbonyl (C=O) groups is 2. The van der Waals surface area contributed by atoms with Crippen LogP contribution in [0.4, 0.5) is 0 Å². The fraction of sp³-hybridized carbons (Fsp3) is 0.600. The molecule has 0 aliphatic carbocycles. The summed E-state index contributed by atoms with van der Waals surface area (Å²) < 4.78 is 13.8. The van der Waals surface area contributed by atoms with Crippen molar-refractivity contribution in [1.29, 1.82) is 0 Å². The Morgan fingerprint density at radius 2 is 2.10 bits per heavy atom. The molecule has 3 atom stereocenters. The van der Waals surface area contributed by atoms with Crippen molar-refractivity contribution >= 4 is 11.9 Å². The Balaban J connectivity index is 4.28. The van der Waals surface area contributed by atoms with Crippen molar-refractivity contribution in [3.05, 3.63) is 0 Å². The van der Waals surface area contributed by atoms with E-state index in [9.17, 15) is 9.59 Å². The van der Waals surface area contributed by atoms with Crippen molar-refractivity contribution < 1.29 is 22.5 Å². The second-order valence-corrected chi connectivity index (χ2v) is 1.56. The van der Waals surface area contributed by atoms with Crippen LogP contribution in [-0.2, 0) is 9.59 Å². The van der Waals surface area contributed by atoms with Crippen LogP contribution in [0.25, 0.3) is 0 Å². The summed E-state index contributed by atoms with van der Waals surface area (Å²) in [5, 5.41) is 16.5. The Morgan fingerprint density at radius 3 is 2.40 bits per heavy atom. The Bertz CT molecular complexity index is 178. The van der Waals surface area contributed by atoms with Gasteiger partial charge in [0.1, 0.15) is 6.04 Å². The molecule has 0 bridgehead atoms. The van der Waals surface area contributed by atoms with Gasteiger partial charge in [-0.15, -0.1) is 0 Å². The first-order chi connectivity index (χ1) is 5.37. The van der Waals surface area contributed by atoms with Crippen LogP contribution in [-0.4, -0.2) is 28.2 Å². The molecule has 0 amide bonds. The Labute approximate surface area is 60.3 Å². The highest BCUT2D eigenvalue weighted by atomic mass is 16.4. The largest absolute Gasteiger partial charge is 0.481 e. The van der Waals surface area contributed by atoms with Crippen LogP contribution in [0.15, 0.2) is 0 Å². The zero-order valence-corrected chi connectivity index (χ0v) is 5.02. The monoisotopic (exact) mass is 151 g/mol. The molecule has 0 heterocycles. The summed E-state index contributed by atoms with van der Waals surface area (Å²) in [5.74, 6) is -3.03. The number of rotatable bonds is 4. The fourth-order valence-electron chi connectivity index (χ4n) is 0.268. The average molecular weight is 151 g/mol. The van der Waals surface area contributed by atoms with Crippen LogP contribution >= 0.6 is 0 Å². The Kier molecular flexibility index (Phi) is 2.17. The lowest BCUT2D eigenvalue weighted by atomic mass is 10.2. The first kappa shape index (κ1) is 5.67. The van der Waals surface area contributed by atoms with Gasteiger partial charge in [-0.2, -0.15) is 0 Å². The van der Waals surface area contributed by atoms with Crippen molar-refractivity contribution in [2.24, 2.45) is 5.73 Å². The van der Waals surface area contributed by atoms with Gasteiger partial charge in [-0.25, -0.2) is 0 Å². The smallest absolute Gasteiger partial charge is 0.320 e. The number of carboxylic acid groups (broad SMARTS) is 2. The summed E-state index contributed by atoms with van der Waals surface area (Å²) in [6, 6.07) is -1.64. The maximum Gasteiger partial charge on any atom is 0.320 e. The van der Waals surface area contributed by atoms with Gasteiger partial charge in [-0.3, -0.25) is 9.59 Å². The minimum atomic E-state index is -1.82. The lowest BCUT2D eigenvalue weighted by Gasteiger charge is -2.01. The molecule has 5 nitrogen and oxygen atoms in total. The van der Waals surface area contributed by atoms with Gasteiger partial charge in [0.05, 0.1) is 0 Å². The van der Waals surface area contributed by atoms with Gasteiger partial charge in [0, 0.05) is 9.14 Å². The first-order valence-corrected chi connectivity index (χ1v) is 2.43. The van der Waals surface area contributed by atoms with E-state index in [1.165, 1.54) is 0 Å². The lowest BCUT2D eigenvalue weighted by molar-refractivity contribution is -0.139. The molecule has 0 rings (SSSR count). The molecule has 10 heavy (non-hydrogen) atoms. The molecule has 0 aromatic heterocycles. The zero-order chi connectivity index (χ0) is 9.89. The summed E-state index contributed by atoms with van der Waals surface area (Å²) in [7, 11) is 0. The van der Waals surface area contributed by atoms with Crippen LogP contribution in [0.3, 0.4) is 0 Å². The van der Waals surface area contributed by atoms with Gasteiger partial charge in [0.2, 0.25) is 0 Å². The maximum atomic E-state index is 10.1. The third kappa shape index (κ3) is 3.85. The van der Waals surface area contributed by atoms with Gasteiger partial charge in [-0.05, 0) is 6.40 Å². The summed E-state index contributed by atoms with van der Waals surface area (Å²) in [5.41, 5.74) is 4.93. The van der Waals surface area contributed by atoms with E-state index in [0.29, 0.717) is 0 Å². The van der Waals surface area contributed by atoms with Gasteiger partial charge in [-0.1, -0.05) is 0 Å². The van der Waals surface area contributed by atoms with Crippen molar-refractivity contribution in [3.63, 3.8) is 0 Å². The third-order valence-electron chi connectivity index (χ3n) is 0.731. The summed E-state index contributed by atoms with van der Waals surface area (Å²) in [6.45, 7) is 0. The van der Waals surface area contributed by atoms with Crippen LogP contribution < -0.4 is 5.73 Å². The SMILES string of the molecule is [3H]C(C(=O)O)C([3H])[C@H](N)C(=O)O. The van der Waals surface area contributed by atoms with Crippen molar-refractivity contribution in [3.8, 4) is 0 Å². The standard InChI is InChI=1S/C5H9NO4/c6-3(5(9)10)1-2-4(7)8/h3H,1-2,6H2,(H,7,8)(H,9,10)/t3-/m0/s1/i1T,2T/t1?,2?,3-. The molecule has 2 unspecified atom stereocenters. The quantitative estimate of drug-likeness (QED) is 0.491. The van der Waals surface area contributed by atoms with E-state index >= 15 is 0 Å². The molecule has 4 N–H and O–H groups in total. The third-order valence-corrected chi connectivity index (χ3v) is 0.731. The lowest BCUT2D eigenvalue weighted by Crippen LogP contribution is -2.30. The highest BCUT2D eigenvalue weighted by Crippen LogP contribution is 1.93. The minimum Gasteiger partial charge on any atom is -0.481 e. The van der Waals surface area contributed by atoms with E-state index in [1.807, 2.05) is 0 Å². The molecular formula is C5H9NO4. The van der Waals surface area contributed by atoms with E-state index in [-0.39, 0.29) is 0 Å². The predicted molar refractivity (Wildman–Crippen MR) is 32.5 cm³/mol. The van der Waals surface area contributed by atoms with Gasteiger partial charge < -0.3 is 15.9 Å². The minimum absolute atomic E-state index is 1.48. The molecule has 0 aromatic rings. The molecule has 0 fully saturated rings. The first-order valence-electron chi connectivity index (χ1n) is 3.59. The number of nitrogens with two attached hydrogens (primary N) is 1. The number of hydrogen-bond donors (Lipinski definition) is 3. The zero-order valence-electron chi connectivity index (χ0n) is 7.02. The molecule has 0 aliphatic heterocycles. The van der Waals surface area contributed by atoms with Crippen molar-refractivity contribution in [2.45, 2.75) is 18.8 Å². The predicted octanol–water partition coefficient (Wildman–Crippen LogP) is -0.737. The van der Waals surface area contributed by atoms with Crippen LogP contribution in [0, 0.1) is 0 Å². The number of aliphatic carboxylic acids is 2. The second kappa shape index (κ2) is 3.84. The molecule has 5 heteroatoms. The molecule has 0 aromatic carbocycles. The van der Waals surface area contributed by atoms with Crippen LogP contribution in [0.5, 0.6) is 0 Å². The summed E-state index contributed by atoms with van der Waals surface area (Å²) >= 11 is 0. The van der Waals surface area contributed by atoms with Crippen molar-refractivity contribution in [2.75, 3.05) is 0 Å². The van der Waals surface area contributed by atoms with E-state index < -0.39 is 30.8 Å². The molecule has 0 aliphatic rings.